The van der Waals surface area contributed by atoms with E-state index in [0.717, 1.165) is 20.5 Å². The Balaban J connectivity index is 1.78. The summed E-state index contributed by atoms with van der Waals surface area (Å²) in [5.74, 6) is 1.13. The van der Waals surface area contributed by atoms with Crippen LogP contribution in [-0.4, -0.2) is 25.1 Å². The SMILES string of the molecule is COc1ccc(NC(=O)Cc2sc(C)nc2-c2cccs2)c(OC)c1. The van der Waals surface area contributed by atoms with Gasteiger partial charge < -0.3 is 14.8 Å². The summed E-state index contributed by atoms with van der Waals surface area (Å²) < 4.78 is 10.5. The number of ether oxygens (including phenoxy) is 2. The van der Waals surface area contributed by atoms with Gasteiger partial charge in [0.1, 0.15) is 11.5 Å². The van der Waals surface area contributed by atoms with E-state index in [4.69, 9.17) is 9.47 Å². The first kappa shape index (κ1) is 17.4. The Bertz CT molecular complexity index is 873. The molecule has 0 aliphatic rings. The number of rotatable bonds is 6. The van der Waals surface area contributed by atoms with Crippen LogP contribution in [0.15, 0.2) is 35.7 Å². The molecule has 1 amide bonds. The Morgan fingerprint density at radius 3 is 2.76 bits per heavy atom. The number of anilines is 1. The molecule has 130 valence electrons. The van der Waals surface area contributed by atoms with Crippen LogP contribution >= 0.6 is 22.7 Å². The van der Waals surface area contributed by atoms with Crippen molar-refractivity contribution < 1.29 is 14.3 Å². The quantitative estimate of drug-likeness (QED) is 0.696. The van der Waals surface area contributed by atoms with Crippen molar-refractivity contribution in [2.45, 2.75) is 13.3 Å². The Morgan fingerprint density at radius 1 is 1.24 bits per heavy atom. The number of hydrogen-bond donors (Lipinski definition) is 1. The number of thiophene rings is 1. The maximum atomic E-state index is 12.5. The lowest BCUT2D eigenvalue weighted by atomic mass is 10.2. The van der Waals surface area contributed by atoms with Gasteiger partial charge in [-0.3, -0.25) is 4.79 Å². The number of amides is 1. The van der Waals surface area contributed by atoms with Crippen LogP contribution in [0.2, 0.25) is 0 Å². The summed E-state index contributed by atoms with van der Waals surface area (Å²) in [5.41, 5.74) is 1.52. The number of aryl methyl sites for hydroxylation is 1. The van der Waals surface area contributed by atoms with Gasteiger partial charge in [0.25, 0.3) is 0 Å². The molecule has 1 aromatic carbocycles. The maximum absolute atomic E-state index is 12.5. The molecule has 7 heteroatoms. The summed E-state index contributed by atoms with van der Waals surface area (Å²) in [6, 6.07) is 9.30. The van der Waals surface area contributed by atoms with Crippen molar-refractivity contribution in [1.82, 2.24) is 4.98 Å². The molecule has 0 spiro atoms. The first-order valence-electron chi connectivity index (χ1n) is 7.62. The molecular weight excluding hydrogens is 356 g/mol. The van der Waals surface area contributed by atoms with Gasteiger partial charge in [-0.15, -0.1) is 22.7 Å². The summed E-state index contributed by atoms with van der Waals surface area (Å²) in [6.07, 6.45) is 0.272. The van der Waals surface area contributed by atoms with Gasteiger partial charge in [0.15, 0.2) is 0 Å². The molecule has 0 fully saturated rings. The molecule has 0 aliphatic heterocycles. The van der Waals surface area contributed by atoms with Crippen molar-refractivity contribution in [3.05, 3.63) is 45.6 Å². The van der Waals surface area contributed by atoms with E-state index in [9.17, 15) is 4.79 Å². The summed E-state index contributed by atoms with van der Waals surface area (Å²) >= 11 is 3.17. The number of methoxy groups -OCH3 is 2. The van der Waals surface area contributed by atoms with Gasteiger partial charge in [0, 0.05) is 10.9 Å². The predicted octanol–water partition coefficient (Wildman–Crippen LogP) is 4.38. The van der Waals surface area contributed by atoms with Crippen molar-refractivity contribution in [3.8, 4) is 22.1 Å². The fraction of sp³-hybridized carbons (Fsp3) is 0.222. The Hall–Kier alpha value is -2.38. The van der Waals surface area contributed by atoms with Crippen molar-refractivity contribution in [3.63, 3.8) is 0 Å². The van der Waals surface area contributed by atoms with Gasteiger partial charge in [-0.25, -0.2) is 4.98 Å². The van der Waals surface area contributed by atoms with Crippen LogP contribution in [0.25, 0.3) is 10.6 Å². The van der Waals surface area contributed by atoms with E-state index in [2.05, 4.69) is 10.3 Å². The molecule has 0 aliphatic carbocycles. The molecule has 3 aromatic rings. The lowest BCUT2D eigenvalue weighted by Gasteiger charge is -2.11. The standard InChI is InChI=1S/C18H18N2O3S2/c1-11-19-18(15-5-4-8-24-15)16(25-11)10-17(21)20-13-7-6-12(22-2)9-14(13)23-3/h4-9H,10H2,1-3H3,(H,20,21). The average molecular weight is 374 g/mol. The molecule has 0 unspecified atom stereocenters. The van der Waals surface area contributed by atoms with Crippen LogP contribution in [0.5, 0.6) is 11.5 Å². The minimum atomic E-state index is -0.107. The number of benzene rings is 1. The van der Waals surface area contributed by atoms with E-state index >= 15 is 0 Å². The number of thiazole rings is 1. The van der Waals surface area contributed by atoms with Gasteiger partial charge >= 0.3 is 0 Å². The molecule has 3 rings (SSSR count). The highest BCUT2D eigenvalue weighted by Crippen LogP contribution is 2.33. The highest BCUT2D eigenvalue weighted by Gasteiger charge is 2.16. The third kappa shape index (κ3) is 4.00. The second-order valence-electron chi connectivity index (χ2n) is 5.27. The Labute approximate surface area is 154 Å². The lowest BCUT2D eigenvalue weighted by Crippen LogP contribution is -2.14. The molecule has 0 atom stereocenters. The minimum absolute atomic E-state index is 0.107. The minimum Gasteiger partial charge on any atom is -0.497 e. The second-order valence-corrected chi connectivity index (χ2v) is 7.51. The summed E-state index contributed by atoms with van der Waals surface area (Å²) in [5, 5.41) is 5.87. The van der Waals surface area contributed by atoms with Crippen LogP contribution in [0, 0.1) is 6.92 Å². The summed E-state index contributed by atoms with van der Waals surface area (Å²) in [6.45, 7) is 1.95. The molecule has 0 saturated heterocycles. The third-order valence-corrected chi connectivity index (χ3v) is 5.41. The van der Waals surface area contributed by atoms with E-state index < -0.39 is 0 Å². The third-order valence-electron chi connectivity index (χ3n) is 3.56. The van der Waals surface area contributed by atoms with Gasteiger partial charge in [-0.1, -0.05) is 6.07 Å². The number of hydrogen-bond acceptors (Lipinski definition) is 6. The maximum Gasteiger partial charge on any atom is 0.229 e. The normalized spacial score (nSPS) is 10.5. The number of nitrogens with one attached hydrogen (secondary N) is 1. The molecule has 0 radical (unpaired) electrons. The molecule has 0 saturated carbocycles. The smallest absolute Gasteiger partial charge is 0.229 e. The summed E-state index contributed by atoms with van der Waals surface area (Å²) in [7, 11) is 3.15. The highest BCUT2D eigenvalue weighted by molar-refractivity contribution is 7.15. The fourth-order valence-corrected chi connectivity index (χ4v) is 4.19. The van der Waals surface area contributed by atoms with Gasteiger partial charge in [0.05, 0.1) is 41.9 Å². The molecule has 25 heavy (non-hydrogen) atoms. The number of nitrogens with zero attached hydrogens (tertiary/aromatic N) is 1. The van der Waals surface area contributed by atoms with E-state index in [1.165, 1.54) is 0 Å². The first-order chi connectivity index (χ1) is 12.1. The van der Waals surface area contributed by atoms with Crippen LogP contribution < -0.4 is 14.8 Å². The molecule has 2 heterocycles. The van der Waals surface area contributed by atoms with Crippen molar-refractivity contribution >= 4 is 34.3 Å². The lowest BCUT2D eigenvalue weighted by molar-refractivity contribution is -0.115. The van der Waals surface area contributed by atoms with Crippen LogP contribution in [0.3, 0.4) is 0 Å². The van der Waals surface area contributed by atoms with E-state index in [-0.39, 0.29) is 12.3 Å². The predicted molar refractivity (Wildman–Crippen MR) is 102 cm³/mol. The molecule has 0 bridgehead atoms. The van der Waals surface area contributed by atoms with Crippen LogP contribution in [0.1, 0.15) is 9.88 Å². The average Bonchev–Trinajstić information content (AvgIpc) is 3.24. The fourth-order valence-electron chi connectivity index (χ4n) is 2.44. The molecule has 2 aromatic heterocycles. The van der Waals surface area contributed by atoms with Crippen molar-refractivity contribution in [2.75, 3.05) is 19.5 Å². The van der Waals surface area contributed by atoms with Crippen molar-refractivity contribution in [1.29, 1.82) is 0 Å². The Kier molecular flexibility index (Phi) is 5.35. The first-order valence-corrected chi connectivity index (χ1v) is 9.32. The van der Waals surface area contributed by atoms with E-state index in [1.54, 1.807) is 55.1 Å². The molecule has 5 nitrogen and oxygen atoms in total. The van der Waals surface area contributed by atoms with Crippen LogP contribution in [0.4, 0.5) is 5.69 Å². The number of carbonyl (C=O) groups excluding carboxylic acids is 1. The van der Waals surface area contributed by atoms with E-state index in [1.807, 2.05) is 24.4 Å². The zero-order valence-electron chi connectivity index (χ0n) is 14.2. The zero-order chi connectivity index (χ0) is 17.8. The topological polar surface area (TPSA) is 60.5 Å². The monoisotopic (exact) mass is 374 g/mol. The van der Waals surface area contributed by atoms with Gasteiger partial charge in [-0.05, 0) is 30.5 Å². The number of carbonyl (C=O) groups is 1. The van der Waals surface area contributed by atoms with Gasteiger partial charge in [0.2, 0.25) is 5.91 Å². The number of aromatic nitrogens is 1. The molecule has 1 N–H and O–H groups in total. The zero-order valence-corrected chi connectivity index (χ0v) is 15.8. The largest absolute Gasteiger partial charge is 0.497 e. The van der Waals surface area contributed by atoms with Gasteiger partial charge in [-0.2, -0.15) is 0 Å². The van der Waals surface area contributed by atoms with E-state index in [0.29, 0.717) is 17.2 Å². The molecular formula is C18H18N2O3S2. The van der Waals surface area contributed by atoms with Crippen molar-refractivity contribution in [2.24, 2.45) is 0 Å². The Morgan fingerprint density at radius 2 is 2.08 bits per heavy atom. The summed E-state index contributed by atoms with van der Waals surface area (Å²) in [4.78, 5) is 19.1. The van der Waals surface area contributed by atoms with Crippen LogP contribution in [-0.2, 0) is 11.2 Å². The highest BCUT2D eigenvalue weighted by atomic mass is 32.1. The second kappa shape index (κ2) is 7.67.